The molecular weight excluding hydrogens is 300 g/mol. The fourth-order valence-corrected chi connectivity index (χ4v) is 4.01. The van der Waals surface area contributed by atoms with Crippen LogP contribution in [0, 0.1) is 11.3 Å². The normalized spacial score (nSPS) is 24.8. The predicted molar refractivity (Wildman–Crippen MR) is 90.2 cm³/mol. The predicted octanol–water partition coefficient (Wildman–Crippen LogP) is 1.68. The minimum atomic E-state index is 0. The van der Waals surface area contributed by atoms with Crippen LogP contribution in [-0.2, 0) is 6.54 Å². The Morgan fingerprint density at radius 2 is 2.14 bits per heavy atom. The van der Waals surface area contributed by atoms with E-state index in [-0.39, 0.29) is 12.4 Å². The highest BCUT2D eigenvalue weighted by Crippen LogP contribution is 2.43. The minimum absolute atomic E-state index is 0. The lowest BCUT2D eigenvalue weighted by Crippen LogP contribution is -2.42. The molecule has 2 N–H and O–H groups in total. The van der Waals surface area contributed by atoms with Crippen LogP contribution in [0.25, 0.3) is 0 Å². The van der Waals surface area contributed by atoms with Crippen LogP contribution in [0.15, 0.2) is 12.4 Å². The zero-order valence-electron chi connectivity index (χ0n) is 13.7. The van der Waals surface area contributed by atoms with Crippen LogP contribution >= 0.6 is 12.4 Å². The molecule has 0 aromatic carbocycles. The van der Waals surface area contributed by atoms with E-state index in [0.29, 0.717) is 24.0 Å². The van der Waals surface area contributed by atoms with Crippen LogP contribution in [0.4, 0.5) is 0 Å². The molecule has 1 unspecified atom stereocenters. The molecule has 0 aliphatic carbocycles. The molecule has 2 aliphatic heterocycles. The molecule has 5 nitrogen and oxygen atoms in total. The second kappa shape index (κ2) is 7.30. The van der Waals surface area contributed by atoms with Gasteiger partial charge < -0.3 is 10.4 Å². The van der Waals surface area contributed by atoms with Crippen molar-refractivity contribution in [1.82, 2.24) is 20.0 Å². The first kappa shape index (κ1) is 17.7. The maximum Gasteiger partial charge on any atom is 0.0534 e. The van der Waals surface area contributed by atoms with Gasteiger partial charge in [0, 0.05) is 50.0 Å². The zero-order valence-corrected chi connectivity index (χ0v) is 14.5. The minimum Gasteiger partial charge on any atom is -0.396 e. The Kier molecular flexibility index (Phi) is 5.88. The Morgan fingerprint density at radius 1 is 1.41 bits per heavy atom. The molecule has 2 aliphatic rings. The first-order chi connectivity index (χ1) is 10.1. The highest BCUT2D eigenvalue weighted by Gasteiger charge is 2.46. The number of nitrogens with zero attached hydrogens (tertiary/aromatic N) is 3. The highest BCUT2D eigenvalue weighted by molar-refractivity contribution is 5.85. The van der Waals surface area contributed by atoms with Gasteiger partial charge in [0.1, 0.15) is 0 Å². The third-order valence-electron chi connectivity index (χ3n) is 5.29. The molecular formula is C16H29ClN4O. The molecule has 2 saturated heterocycles. The summed E-state index contributed by atoms with van der Waals surface area (Å²) in [6.45, 7) is 9.90. The Hall–Kier alpha value is -0.620. The molecule has 1 aromatic heterocycles. The summed E-state index contributed by atoms with van der Waals surface area (Å²) in [5.74, 6) is 0.430. The lowest BCUT2D eigenvalue weighted by molar-refractivity contribution is 0.0984. The fourth-order valence-electron chi connectivity index (χ4n) is 4.01. The van der Waals surface area contributed by atoms with E-state index in [4.69, 9.17) is 0 Å². The molecule has 22 heavy (non-hydrogen) atoms. The molecule has 1 spiro atoms. The average Bonchev–Trinajstić information content (AvgIpc) is 3.05. The van der Waals surface area contributed by atoms with Crippen molar-refractivity contribution in [3.8, 4) is 0 Å². The first-order valence-electron chi connectivity index (χ1n) is 8.20. The quantitative estimate of drug-likeness (QED) is 0.883. The van der Waals surface area contributed by atoms with E-state index >= 15 is 0 Å². The van der Waals surface area contributed by atoms with Gasteiger partial charge >= 0.3 is 0 Å². The topological polar surface area (TPSA) is 53.3 Å². The summed E-state index contributed by atoms with van der Waals surface area (Å²) in [5.41, 5.74) is 1.61. The fraction of sp³-hybridized carbons (Fsp3) is 0.812. The molecule has 2 fully saturated rings. The van der Waals surface area contributed by atoms with Crippen molar-refractivity contribution >= 4 is 12.4 Å². The standard InChI is InChI=1S/C16H28N4O.ClH/c1-13(2)20-9-14(7-18-20)8-19-10-15(11-21)16(12-19)3-5-17-6-4-16;/h7,9,13,15,17,21H,3-6,8,10-12H2,1-2H3;1H. The SMILES string of the molecule is CC(C)n1cc(CN2CC(CO)C3(CCNCC3)C2)cn1.Cl. The monoisotopic (exact) mass is 328 g/mol. The van der Waals surface area contributed by atoms with E-state index in [1.165, 1.54) is 18.4 Å². The molecule has 0 bridgehead atoms. The third kappa shape index (κ3) is 3.48. The molecule has 3 rings (SSSR count). The van der Waals surface area contributed by atoms with Gasteiger partial charge in [-0.05, 0) is 45.2 Å². The smallest absolute Gasteiger partial charge is 0.0534 e. The summed E-state index contributed by atoms with van der Waals surface area (Å²) >= 11 is 0. The number of rotatable bonds is 4. The largest absolute Gasteiger partial charge is 0.396 e. The van der Waals surface area contributed by atoms with Gasteiger partial charge in [-0.15, -0.1) is 12.4 Å². The van der Waals surface area contributed by atoms with Gasteiger partial charge in [-0.3, -0.25) is 9.58 Å². The molecule has 1 atom stereocenters. The van der Waals surface area contributed by atoms with Crippen molar-refractivity contribution in [2.75, 3.05) is 32.8 Å². The molecule has 0 saturated carbocycles. The van der Waals surface area contributed by atoms with Crippen LogP contribution in [0.1, 0.15) is 38.3 Å². The summed E-state index contributed by atoms with van der Waals surface area (Å²) < 4.78 is 2.02. The van der Waals surface area contributed by atoms with Gasteiger partial charge in [-0.1, -0.05) is 0 Å². The molecule has 6 heteroatoms. The Bertz CT molecular complexity index is 470. The van der Waals surface area contributed by atoms with Gasteiger partial charge in [-0.25, -0.2) is 0 Å². The van der Waals surface area contributed by atoms with Gasteiger partial charge in [-0.2, -0.15) is 5.10 Å². The van der Waals surface area contributed by atoms with E-state index in [1.54, 1.807) is 0 Å². The third-order valence-corrected chi connectivity index (χ3v) is 5.29. The van der Waals surface area contributed by atoms with E-state index in [0.717, 1.165) is 32.7 Å². The molecule has 3 heterocycles. The number of aromatic nitrogens is 2. The van der Waals surface area contributed by atoms with Crippen LogP contribution in [0.5, 0.6) is 0 Å². The van der Waals surface area contributed by atoms with Gasteiger partial charge in [0.05, 0.1) is 6.20 Å². The second-order valence-corrected chi connectivity index (χ2v) is 7.08. The summed E-state index contributed by atoms with van der Waals surface area (Å²) in [6.07, 6.45) is 6.54. The lowest BCUT2D eigenvalue weighted by atomic mass is 9.71. The molecule has 1 aromatic rings. The Morgan fingerprint density at radius 3 is 2.73 bits per heavy atom. The average molecular weight is 329 g/mol. The molecule has 0 amide bonds. The first-order valence-corrected chi connectivity index (χ1v) is 8.20. The van der Waals surface area contributed by atoms with Crippen molar-refractivity contribution in [3.63, 3.8) is 0 Å². The molecule has 0 radical (unpaired) electrons. The van der Waals surface area contributed by atoms with Crippen molar-refractivity contribution < 1.29 is 5.11 Å². The number of aliphatic hydroxyl groups excluding tert-OH is 1. The van der Waals surface area contributed by atoms with Gasteiger partial charge in [0.15, 0.2) is 0 Å². The summed E-state index contributed by atoms with van der Waals surface area (Å²) in [4.78, 5) is 2.51. The van der Waals surface area contributed by atoms with Gasteiger partial charge in [0.2, 0.25) is 0 Å². The van der Waals surface area contributed by atoms with E-state index in [2.05, 4.69) is 35.4 Å². The zero-order chi connectivity index (χ0) is 14.9. The van der Waals surface area contributed by atoms with E-state index in [9.17, 15) is 5.11 Å². The summed E-state index contributed by atoms with van der Waals surface area (Å²) in [7, 11) is 0. The Balaban J connectivity index is 0.00000176. The summed E-state index contributed by atoms with van der Waals surface area (Å²) in [5, 5.41) is 17.7. The van der Waals surface area contributed by atoms with Crippen molar-refractivity contribution in [1.29, 1.82) is 0 Å². The number of likely N-dealkylation sites (tertiary alicyclic amines) is 1. The number of nitrogens with one attached hydrogen (secondary N) is 1. The maximum atomic E-state index is 9.78. The number of halogens is 1. The number of hydrogen-bond acceptors (Lipinski definition) is 4. The molecule has 126 valence electrons. The van der Waals surface area contributed by atoms with Crippen LogP contribution in [0.2, 0.25) is 0 Å². The lowest BCUT2D eigenvalue weighted by Gasteiger charge is -2.38. The van der Waals surface area contributed by atoms with Crippen molar-refractivity contribution in [3.05, 3.63) is 18.0 Å². The van der Waals surface area contributed by atoms with E-state index in [1.807, 2.05) is 10.9 Å². The Labute approximate surface area is 139 Å². The number of piperidine rings is 1. The second-order valence-electron chi connectivity index (χ2n) is 7.08. The van der Waals surface area contributed by atoms with Crippen molar-refractivity contribution in [2.24, 2.45) is 11.3 Å². The number of hydrogen-bond donors (Lipinski definition) is 2. The van der Waals surface area contributed by atoms with Crippen LogP contribution in [-0.4, -0.2) is 52.6 Å². The number of aliphatic hydroxyl groups is 1. The van der Waals surface area contributed by atoms with Crippen LogP contribution in [0.3, 0.4) is 0 Å². The van der Waals surface area contributed by atoms with Gasteiger partial charge in [0.25, 0.3) is 0 Å². The van der Waals surface area contributed by atoms with Crippen LogP contribution < -0.4 is 5.32 Å². The summed E-state index contributed by atoms with van der Waals surface area (Å²) in [6, 6.07) is 0.415. The highest BCUT2D eigenvalue weighted by atomic mass is 35.5. The van der Waals surface area contributed by atoms with Crippen molar-refractivity contribution in [2.45, 2.75) is 39.3 Å². The van der Waals surface area contributed by atoms with E-state index < -0.39 is 0 Å². The maximum absolute atomic E-state index is 9.78.